The van der Waals surface area contributed by atoms with Gasteiger partial charge in [0.15, 0.2) is 0 Å². The number of H-pyrrole nitrogens is 1. The largest absolute Gasteiger partial charge is 0.370 e. The van der Waals surface area contributed by atoms with Gasteiger partial charge in [0.1, 0.15) is 5.82 Å². The SMILES string of the molecule is CC(C)CCNc1ccnc(NCCc2c[nH]c3ccccc23)n1. The minimum atomic E-state index is 0.671. The molecule has 3 N–H and O–H groups in total. The van der Waals surface area contributed by atoms with Crippen LogP contribution < -0.4 is 10.6 Å². The zero-order valence-electron chi connectivity index (χ0n) is 14.3. The van der Waals surface area contributed by atoms with Crippen molar-refractivity contribution in [3.63, 3.8) is 0 Å². The van der Waals surface area contributed by atoms with Crippen LogP contribution in [0.2, 0.25) is 0 Å². The first-order valence-electron chi connectivity index (χ1n) is 8.58. The van der Waals surface area contributed by atoms with Crippen LogP contribution in [-0.2, 0) is 6.42 Å². The van der Waals surface area contributed by atoms with Crippen molar-refractivity contribution in [2.24, 2.45) is 5.92 Å². The van der Waals surface area contributed by atoms with Gasteiger partial charge in [-0.05, 0) is 36.5 Å². The maximum Gasteiger partial charge on any atom is 0.224 e. The Morgan fingerprint density at radius 3 is 2.83 bits per heavy atom. The van der Waals surface area contributed by atoms with E-state index in [-0.39, 0.29) is 0 Å². The zero-order chi connectivity index (χ0) is 16.8. The number of hydrogen-bond donors (Lipinski definition) is 3. The van der Waals surface area contributed by atoms with Crippen molar-refractivity contribution in [1.82, 2.24) is 15.0 Å². The van der Waals surface area contributed by atoms with E-state index in [2.05, 4.69) is 63.8 Å². The molecule has 0 unspecified atom stereocenters. The molecule has 0 aliphatic rings. The zero-order valence-corrected chi connectivity index (χ0v) is 14.3. The number of aromatic amines is 1. The van der Waals surface area contributed by atoms with E-state index in [4.69, 9.17) is 0 Å². The molecule has 0 aliphatic carbocycles. The smallest absolute Gasteiger partial charge is 0.224 e. The van der Waals surface area contributed by atoms with Gasteiger partial charge >= 0.3 is 0 Å². The lowest BCUT2D eigenvalue weighted by molar-refractivity contribution is 0.606. The van der Waals surface area contributed by atoms with E-state index < -0.39 is 0 Å². The number of fused-ring (bicyclic) bond motifs is 1. The summed E-state index contributed by atoms with van der Waals surface area (Å²) in [6.45, 7) is 6.18. The molecule has 0 saturated heterocycles. The summed E-state index contributed by atoms with van der Waals surface area (Å²) in [4.78, 5) is 12.1. The van der Waals surface area contributed by atoms with Gasteiger partial charge in [0.05, 0.1) is 0 Å². The summed E-state index contributed by atoms with van der Waals surface area (Å²) < 4.78 is 0. The van der Waals surface area contributed by atoms with Crippen molar-refractivity contribution in [2.45, 2.75) is 26.7 Å². The Balaban J connectivity index is 1.53. The van der Waals surface area contributed by atoms with Gasteiger partial charge < -0.3 is 15.6 Å². The van der Waals surface area contributed by atoms with Gasteiger partial charge in [-0.3, -0.25) is 0 Å². The van der Waals surface area contributed by atoms with Crippen LogP contribution in [0.5, 0.6) is 0 Å². The van der Waals surface area contributed by atoms with Crippen LogP contribution >= 0.6 is 0 Å². The third-order valence-corrected chi connectivity index (χ3v) is 4.04. The summed E-state index contributed by atoms with van der Waals surface area (Å²) in [5.41, 5.74) is 2.49. The van der Waals surface area contributed by atoms with Crippen LogP contribution in [0.1, 0.15) is 25.8 Å². The third kappa shape index (κ3) is 4.25. The second kappa shape index (κ2) is 7.81. The van der Waals surface area contributed by atoms with E-state index in [1.54, 1.807) is 6.20 Å². The third-order valence-electron chi connectivity index (χ3n) is 4.04. The average Bonchev–Trinajstić information content (AvgIpc) is 2.98. The number of hydrogen-bond acceptors (Lipinski definition) is 4. The van der Waals surface area contributed by atoms with Gasteiger partial charge in [-0.15, -0.1) is 0 Å². The summed E-state index contributed by atoms with van der Waals surface area (Å²) in [5, 5.41) is 7.94. The summed E-state index contributed by atoms with van der Waals surface area (Å²) in [6.07, 6.45) is 5.93. The Labute approximate surface area is 142 Å². The van der Waals surface area contributed by atoms with Crippen LogP contribution in [0, 0.1) is 5.92 Å². The Kier molecular flexibility index (Phi) is 5.31. The molecular formula is C19H25N5. The highest BCUT2D eigenvalue weighted by Gasteiger charge is 2.04. The van der Waals surface area contributed by atoms with Crippen molar-refractivity contribution in [3.05, 3.63) is 48.3 Å². The molecule has 0 bridgehead atoms. The molecule has 0 atom stereocenters. The van der Waals surface area contributed by atoms with Gasteiger partial charge in [-0.1, -0.05) is 32.0 Å². The topological polar surface area (TPSA) is 65.6 Å². The number of anilines is 2. The Bertz CT molecular complexity index is 778. The van der Waals surface area contributed by atoms with Gasteiger partial charge in [0.25, 0.3) is 0 Å². The number of rotatable bonds is 8. The normalized spacial score (nSPS) is 11.1. The summed E-state index contributed by atoms with van der Waals surface area (Å²) in [5.74, 6) is 2.23. The molecule has 0 fully saturated rings. The number of benzene rings is 1. The molecule has 2 aromatic heterocycles. The molecule has 2 heterocycles. The standard InChI is InChI=1S/C19H25N5/c1-14(2)7-10-20-18-9-12-22-19(24-18)21-11-8-15-13-23-17-6-4-3-5-16(15)17/h3-6,9,12-14,23H,7-8,10-11H2,1-2H3,(H2,20,21,22,24). The monoisotopic (exact) mass is 323 g/mol. The second-order valence-electron chi connectivity index (χ2n) is 6.41. The van der Waals surface area contributed by atoms with Crippen LogP contribution in [0.15, 0.2) is 42.7 Å². The summed E-state index contributed by atoms with van der Waals surface area (Å²) in [6, 6.07) is 10.3. The Morgan fingerprint density at radius 2 is 1.96 bits per heavy atom. The van der Waals surface area contributed by atoms with E-state index in [0.29, 0.717) is 11.9 Å². The van der Waals surface area contributed by atoms with Gasteiger partial charge in [-0.2, -0.15) is 4.98 Å². The van der Waals surface area contributed by atoms with E-state index in [9.17, 15) is 0 Å². The molecule has 0 amide bonds. The lowest BCUT2D eigenvalue weighted by Gasteiger charge is -2.09. The molecular weight excluding hydrogens is 298 g/mol. The van der Waals surface area contributed by atoms with Crippen molar-refractivity contribution in [2.75, 3.05) is 23.7 Å². The minimum Gasteiger partial charge on any atom is -0.370 e. The van der Waals surface area contributed by atoms with Gasteiger partial charge in [0.2, 0.25) is 5.95 Å². The molecule has 0 radical (unpaired) electrons. The quantitative estimate of drug-likeness (QED) is 0.584. The molecule has 1 aromatic carbocycles. The van der Waals surface area contributed by atoms with Crippen LogP contribution in [0.4, 0.5) is 11.8 Å². The molecule has 0 saturated carbocycles. The number of para-hydroxylation sites is 1. The predicted octanol–water partition coefficient (Wildman–Crippen LogP) is 4.07. The highest BCUT2D eigenvalue weighted by Crippen LogP contribution is 2.18. The number of aromatic nitrogens is 3. The number of nitrogens with one attached hydrogen (secondary N) is 3. The van der Waals surface area contributed by atoms with Gasteiger partial charge in [-0.25, -0.2) is 4.98 Å². The average molecular weight is 323 g/mol. The lowest BCUT2D eigenvalue weighted by atomic mass is 10.1. The molecule has 0 spiro atoms. The van der Waals surface area contributed by atoms with E-state index in [1.165, 1.54) is 16.5 Å². The Hall–Kier alpha value is -2.56. The lowest BCUT2D eigenvalue weighted by Crippen LogP contribution is -2.10. The second-order valence-corrected chi connectivity index (χ2v) is 6.41. The van der Waals surface area contributed by atoms with Crippen molar-refractivity contribution in [1.29, 1.82) is 0 Å². The van der Waals surface area contributed by atoms with E-state index >= 15 is 0 Å². The predicted molar refractivity (Wildman–Crippen MR) is 100 cm³/mol. The van der Waals surface area contributed by atoms with Crippen molar-refractivity contribution >= 4 is 22.7 Å². The fraction of sp³-hybridized carbons (Fsp3) is 0.368. The minimum absolute atomic E-state index is 0.671. The molecule has 24 heavy (non-hydrogen) atoms. The van der Waals surface area contributed by atoms with E-state index in [0.717, 1.165) is 31.7 Å². The first-order chi connectivity index (χ1) is 11.7. The molecule has 126 valence electrons. The first-order valence-corrected chi connectivity index (χ1v) is 8.58. The highest BCUT2D eigenvalue weighted by molar-refractivity contribution is 5.83. The molecule has 5 nitrogen and oxygen atoms in total. The van der Waals surface area contributed by atoms with Crippen LogP contribution in [-0.4, -0.2) is 28.0 Å². The van der Waals surface area contributed by atoms with E-state index in [1.807, 2.05) is 12.1 Å². The molecule has 0 aliphatic heterocycles. The molecule has 3 rings (SSSR count). The van der Waals surface area contributed by atoms with Crippen molar-refractivity contribution in [3.8, 4) is 0 Å². The highest BCUT2D eigenvalue weighted by atomic mass is 15.1. The fourth-order valence-corrected chi connectivity index (χ4v) is 2.68. The van der Waals surface area contributed by atoms with Crippen molar-refractivity contribution < 1.29 is 0 Å². The molecule has 3 aromatic rings. The maximum absolute atomic E-state index is 4.51. The Morgan fingerprint density at radius 1 is 1.08 bits per heavy atom. The number of nitrogens with zero attached hydrogens (tertiary/aromatic N) is 2. The first kappa shape index (κ1) is 16.3. The molecule has 5 heteroatoms. The fourth-order valence-electron chi connectivity index (χ4n) is 2.68. The summed E-state index contributed by atoms with van der Waals surface area (Å²) in [7, 11) is 0. The maximum atomic E-state index is 4.51. The van der Waals surface area contributed by atoms with Crippen LogP contribution in [0.25, 0.3) is 10.9 Å². The van der Waals surface area contributed by atoms with Gasteiger partial charge in [0, 0.05) is 36.4 Å². The van der Waals surface area contributed by atoms with Crippen LogP contribution in [0.3, 0.4) is 0 Å². The summed E-state index contributed by atoms with van der Waals surface area (Å²) >= 11 is 0.